The lowest BCUT2D eigenvalue weighted by Crippen LogP contribution is -1.74. The Kier molecular flexibility index (Phi) is 2.32. The molecule has 0 aromatic heterocycles. The van der Waals surface area contributed by atoms with Crippen molar-refractivity contribution in [3.8, 4) is 0 Å². The monoisotopic (exact) mass is 187 g/mol. The van der Waals surface area contributed by atoms with Gasteiger partial charge in [0.1, 0.15) is 0 Å². The number of fused-ring (bicyclic) bond motifs is 1. The molecule has 0 atom stereocenters. The topological polar surface area (TPSA) is 17.1 Å². The summed E-state index contributed by atoms with van der Waals surface area (Å²) in [5.41, 5.74) is 1.82. The largest absolute Gasteiger partial charge is 0.277 e. The Morgan fingerprint density at radius 3 is 2.54 bits per heavy atom. The quantitative estimate of drug-likeness (QED) is 0.672. The Bertz CT molecular complexity index is 437. The van der Waals surface area contributed by atoms with Crippen molar-refractivity contribution in [2.24, 2.45) is 0 Å². The van der Waals surface area contributed by atoms with E-state index in [1.165, 1.54) is 5.39 Å². The second-order valence-electron chi connectivity index (χ2n) is 2.69. The van der Waals surface area contributed by atoms with Crippen molar-refractivity contribution in [2.45, 2.75) is 4.90 Å². The fourth-order valence-electron chi connectivity index (χ4n) is 1.28. The molecule has 63 valence electrons. The molecule has 0 N–H and O–H groups in total. The zero-order chi connectivity index (χ0) is 9.10. The first-order chi connectivity index (χ1) is 6.40. The Morgan fingerprint density at radius 2 is 1.77 bits per heavy atom. The minimum Gasteiger partial charge on any atom is -0.277 e. The second kappa shape index (κ2) is 3.62. The van der Waals surface area contributed by atoms with Crippen molar-refractivity contribution >= 4 is 28.2 Å². The second-order valence-corrected chi connectivity index (χ2v) is 3.54. The smallest absolute Gasteiger partial charge is 0.271 e. The van der Waals surface area contributed by atoms with Crippen LogP contribution in [0.4, 0.5) is 0 Å². The van der Waals surface area contributed by atoms with E-state index in [0.29, 0.717) is 0 Å². The van der Waals surface area contributed by atoms with E-state index in [1.807, 2.05) is 42.0 Å². The number of rotatable bonds is 2. The highest BCUT2D eigenvalue weighted by Gasteiger charge is 1.95. The molecule has 1 nitrogen and oxygen atoms in total. The lowest BCUT2D eigenvalue weighted by Gasteiger charge is -1.98. The van der Waals surface area contributed by atoms with Gasteiger partial charge in [-0.3, -0.25) is 4.79 Å². The number of hydrogen-bond acceptors (Lipinski definition) is 2. The molecule has 0 aliphatic carbocycles. The summed E-state index contributed by atoms with van der Waals surface area (Å²) in [7, 11) is 0. The first kappa shape index (κ1) is 8.32. The molecular formula is C11H7OS. The van der Waals surface area contributed by atoms with Gasteiger partial charge in [-0.25, -0.2) is 0 Å². The molecule has 0 spiro atoms. The van der Waals surface area contributed by atoms with Gasteiger partial charge in [0.2, 0.25) is 0 Å². The molecular weight excluding hydrogens is 180 g/mol. The molecule has 0 unspecified atom stereocenters. The van der Waals surface area contributed by atoms with Gasteiger partial charge < -0.3 is 0 Å². The first-order valence-electron chi connectivity index (χ1n) is 3.93. The van der Waals surface area contributed by atoms with Crippen LogP contribution in [0.2, 0.25) is 0 Å². The van der Waals surface area contributed by atoms with E-state index >= 15 is 0 Å². The van der Waals surface area contributed by atoms with Gasteiger partial charge in [0.15, 0.2) is 0 Å². The van der Waals surface area contributed by atoms with Crippen LogP contribution in [-0.4, -0.2) is 5.62 Å². The fourth-order valence-corrected chi connectivity index (χ4v) is 1.70. The molecule has 1 radical (unpaired) electrons. The van der Waals surface area contributed by atoms with Gasteiger partial charge >= 0.3 is 0 Å². The van der Waals surface area contributed by atoms with E-state index in [1.54, 1.807) is 0 Å². The third-order valence-corrected chi connectivity index (χ3v) is 2.45. The number of hydrogen-bond donors (Lipinski definition) is 0. The molecule has 0 aliphatic heterocycles. The molecule has 2 aromatic carbocycles. The predicted octanol–water partition coefficient (Wildman–Crippen LogP) is 3.00. The lowest BCUT2D eigenvalue weighted by molar-refractivity contribution is 0.570. The zero-order valence-corrected chi connectivity index (χ0v) is 7.67. The van der Waals surface area contributed by atoms with Crippen LogP contribution in [0.5, 0.6) is 0 Å². The molecule has 0 saturated carbocycles. The van der Waals surface area contributed by atoms with E-state index < -0.39 is 0 Å². The van der Waals surface area contributed by atoms with Crippen LogP contribution in [0.15, 0.2) is 47.4 Å². The summed E-state index contributed by atoms with van der Waals surface area (Å²) in [6.45, 7) is 0. The maximum atomic E-state index is 10.1. The van der Waals surface area contributed by atoms with Crippen molar-refractivity contribution in [3.63, 3.8) is 0 Å². The molecule has 2 aromatic rings. The normalized spacial score (nSPS) is 10.2. The summed E-state index contributed by atoms with van der Waals surface area (Å²) < 4.78 is 0. The van der Waals surface area contributed by atoms with Crippen LogP contribution in [-0.2, 0) is 4.79 Å². The van der Waals surface area contributed by atoms with Crippen molar-refractivity contribution in [2.75, 3.05) is 0 Å². The molecule has 0 fully saturated rings. The van der Waals surface area contributed by atoms with Gasteiger partial charge in [0.05, 0.1) is 0 Å². The number of benzene rings is 2. The van der Waals surface area contributed by atoms with Crippen LogP contribution in [0, 0.1) is 0 Å². The molecule has 0 aliphatic rings. The lowest BCUT2D eigenvalue weighted by atomic mass is 10.1. The average Bonchev–Trinajstić information content (AvgIpc) is 2.18. The highest BCUT2D eigenvalue weighted by atomic mass is 32.2. The van der Waals surface area contributed by atoms with Gasteiger partial charge in [-0.2, -0.15) is 0 Å². The summed E-state index contributed by atoms with van der Waals surface area (Å²) in [5, 5.41) is 2.35. The van der Waals surface area contributed by atoms with Crippen LogP contribution in [0.1, 0.15) is 0 Å². The summed E-state index contributed by atoms with van der Waals surface area (Å²) in [4.78, 5) is 11.1. The van der Waals surface area contributed by atoms with Crippen molar-refractivity contribution in [3.05, 3.63) is 42.5 Å². The molecule has 2 rings (SSSR count). The van der Waals surface area contributed by atoms with E-state index in [2.05, 4.69) is 6.07 Å². The van der Waals surface area contributed by atoms with Crippen LogP contribution in [0.3, 0.4) is 0 Å². The van der Waals surface area contributed by atoms with Gasteiger partial charge in [-0.05, 0) is 34.7 Å². The third-order valence-electron chi connectivity index (χ3n) is 1.88. The summed E-state index contributed by atoms with van der Waals surface area (Å²) in [6.07, 6.45) is 0. The van der Waals surface area contributed by atoms with Gasteiger partial charge in [0, 0.05) is 4.90 Å². The average molecular weight is 187 g/mol. The van der Waals surface area contributed by atoms with Gasteiger partial charge in [-0.1, -0.05) is 30.3 Å². The Hall–Kier alpha value is -1.28. The SMILES string of the molecule is O=[C]Sc1ccc2ccccc2c1. The summed E-state index contributed by atoms with van der Waals surface area (Å²) in [6, 6.07) is 14.0. The van der Waals surface area contributed by atoms with E-state index in [9.17, 15) is 4.79 Å². The zero-order valence-electron chi connectivity index (χ0n) is 6.86. The Labute approximate surface area is 80.8 Å². The molecule has 2 heteroatoms. The van der Waals surface area contributed by atoms with Crippen molar-refractivity contribution in [1.29, 1.82) is 0 Å². The molecule has 0 heterocycles. The maximum Gasteiger partial charge on any atom is 0.271 e. The maximum absolute atomic E-state index is 10.1. The van der Waals surface area contributed by atoms with Crippen LogP contribution >= 0.6 is 11.8 Å². The predicted molar refractivity (Wildman–Crippen MR) is 55.5 cm³/mol. The summed E-state index contributed by atoms with van der Waals surface area (Å²) in [5.74, 6) is 0. The Morgan fingerprint density at radius 1 is 1.00 bits per heavy atom. The van der Waals surface area contributed by atoms with E-state index in [0.717, 1.165) is 22.0 Å². The van der Waals surface area contributed by atoms with E-state index in [4.69, 9.17) is 0 Å². The summed E-state index contributed by atoms with van der Waals surface area (Å²) >= 11 is 1.08. The molecule has 0 amide bonds. The van der Waals surface area contributed by atoms with E-state index in [-0.39, 0.29) is 0 Å². The minimum atomic E-state index is 0.939. The van der Waals surface area contributed by atoms with Gasteiger partial charge in [0.25, 0.3) is 5.62 Å². The van der Waals surface area contributed by atoms with Crippen LogP contribution in [0.25, 0.3) is 10.8 Å². The third kappa shape index (κ3) is 1.73. The highest BCUT2D eigenvalue weighted by Crippen LogP contribution is 2.21. The number of carbonyl (C=O) groups excluding carboxylic acids is 1. The highest BCUT2D eigenvalue weighted by molar-refractivity contribution is 8.11. The molecule has 0 bridgehead atoms. The van der Waals surface area contributed by atoms with Crippen molar-refractivity contribution in [1.82, 2.24) is 0 Å². The Balaban J connectivity index is 2.55. The van der Waals surface area contributed by atoms with Crippen LogP contribution < -0.4 is 0 Å². The first-order valence-corrected chi connectivity index (χ1v) is 4.74. The van der Waals surface area contributed by atoms with Crippen molar-refractivity contribution < 1.29 is 4.79 Å². The fraction of sp³-hybridized carbons (Fsp3) is 0. The standard InChI is InChI=1S/C11H7OS/c12-8-13-11-6-5-9-3-1-2-4-10(9)7-11/h1-7H. The number of thioether (sulfide) groups is 1. The molecule has 13 heavy (non-hydrogen) atoms. The molecule has 0 saturated heterocycles. The van der Waals surface area contributed by atoms with Gasteiger partial charge in [-0.15, -0.1) is 0 Å². The minimum absolute atomic E-state index is 0.939.